The predicted molar refractivity (Wildman–Crippen MR) is 57.7 cm³/mol. The van der Waals surface area contributed by atoms with Crippen molar-refractivity contribution in [1.29, 1.82) is 0 Å². The van der Waals surface area contributed by atoms with Crippen LogP contribution in [0.1, 0.15) is 13.8 Å². The highest BCUT2D eigenvalue weighted by Gasteiger charge is 2.48. The van der Waals surface area contributed by atoms with E-state index in [1.807, 2.05) is 0 Å². The summed E-state index contributed by atoms with van der Waals surface area (Å²) < 4.78 is 33.8. The van der Waals surface area contributed by atoms with Crippen molar-refractivity contribution < 1.29 is 13.3 Å². The van der Waals surface area contributed by atoms with Crippen molar-refractivity contribution in [2.45, 2.75) is 18.4 Å². The van der Waals surface area contributed by atoms with Crippen LogP contribution in [0.2, 0.25) is 0 Å². The number of hydrogen-bond acceptors (Lipinski definition) is 3. The topological polar surface area (TPSA) is 17.1 Å². The van der Waals surface area contributed by atoms with Crippen molar-refractivity contribution in [2.24, 2.45) is 0 Å². The van der Waals surface area contributed by atoms with Gasteiger partial charge in [-0.2, -0.15) is 8.78 Å². The molecule has 0 fully saturated rings. The summed E-state index contributed by atoms with van der Waals surface area (Å²) in [6.07, 6.45) is 0. The average molecular weight is 299 g/mol. The Morgan fingerprint density at radius 1 is 1.33 bits per heavy atom. The summed E-state index contributed by atoms with van der Waals surface area (Å²) in [5.74, 6) is 0.872. The van der Waals surface area contributed by atoms with Crippen molar-refractivity contribution in [3.05, 3.63) is 0 Å². The minimum Gasteiger partial charge on any atom is -0.293 e. The lowest BCUT2D eigenvalue weighted by atomic mass is 11.0. The Balaban J connectivity index is 4.51. The maximum atomic E-state index is 12.8. The molecule has 0 rings (SSSR count). The third kappa shape index (κ3) is 3.56. The minimum atomic E-state index is -3.49. The Labute approximate surface area is 87.4 Å². The highest BCUT2D eigenvalue weighted by atomic mass is 79.9. The lowest BCUT2D eigenvalue weighted by Crippen LogP contribution is -2.01. The number of rotatable bonds is 5. The Hall–Kier alpha value is 1.27. The zero-order valence-corrected chi connectivity index (χ0v) is 10.8. The lowest BCUT2D eigenvalue weighted by molar-refractivity contribution is 0.209. The number of halogens is 3. The Bertz CT molecular complexity index is 175. The zero-order valence-electron chi connectivity index (χ0n) is 6.72. The van der Waals surface area contributed by atoms with Crippen LogP contribution in [0.15, 0.2) is 0 Å². The second kappa shape index (κ2) is 5.23. The Kier molecular flexibility index (Phi) is 5.78. The van der Waals surface area contributed by atoms with Gasteiger partial charge in [-0.15, -0.1) is 0 Å². The molecule has 74 valence electrons. The third-order valence-corrected chi connectivity index (χ3v) is 12.5. The molecule has 0 saturated heterocycles. The maximum Gasteiger partial charge on any atom is 0.368 e. The van der Waals surface area contributed by atoms with Crippen molar-refractivity contribution >= 4 is 44.2 Å². The smallest absolute Gasteiger partial charge is 0.293 e. The molecular formula is C5H10BrF2OPS2. The molecule has 0 amide bonds. The molecule has 1 nitrogen and oxygen atoms in total. The first kappa shape index (κ1) is 13.3. The van der Waals surface area contributed by atoms with Crippen LogP contribution in [0.4, 0.5) is 8.78 Å². The highest BCUT2D eigenvalue weighted by molar-refractivity contribution is 9.14. The fourth-order valence-electron chi connectivity index (χ4n) is 0.524. The Morgan fingerprint density at radius 2 is 1.67 bits per heavy atom. The van der Waals surface area contributed by atoms with Gasteiger partial charge in [-0.25, -0.2) is 0 Å². The van der Waals surface area contributed by atoms with Crippen LogP contribution in [0, 0.1) is 0 Å². The molecule has 0 aliphatic carbocycles. The molecule has 0 saturated carbocycles. The van der Waals surface area contributed by atoms with Gasteiger partial charge in [0.15, 0.2) is 0 Å². The summed E-state index contributed by atoms with van der Waals surface area (Å²) in [5.41, 5.74) is -3.49. The van der Waals surface area contributed by atoms with Gasteiger partial charge in [-0.1, -0.05) is 36.6 Å². The van der Waals surface area contributed by atoms with E-state index in [9.17, 15) is 13.3 Å². The van der Waals surface area contributed by atoms with Crippen molar-refractivity contribution in [3.8, 4) is 0 Å². The van der Waals surface area contributed by atoms with E-state index < -0.39 is 10.1 Å². The summed E-state index contributed by atoms with van der Waals surface area (Å²) in [5, 5.41) is 0. The normalized spacial score (nSPS) is 13.4. The van der Waals surface area contributed by atoms with Gasteiger partial charge in [0.25, 0.3) is 5.55 Å². The molecule has 0 unspecified atom stereocenters. The SMILES string of the molecule is CCSP(=O)(SCC)C(F)(F)Br. The summed E-state index contributed by atoms with van der Waals surface area (Å²) >= 11 is 3.83. The number of alkyl halides is 3. The first-order chi connectivity index (χ1) is 5.37. The van der Waals surface area contributed by atoms with E-state index in [1.54, 1.807) is 13.8 Å². The third-order valence-electron chi connectivity index (χ3n) is 0.909. The van der Waals surface area contributed by atoms with E-state index >= 15 is 0 Å². The summed E-state index contributed by atoms with van der Waals surface area (Å²) in [7, 11) is 0. The molecule has 7 heteroatoms. The van der Waals surface area contributed by atoms with Crippen molar-refractivity contribution in [3.63, 3.8) is 0 Å². The molecule has 0 aromatic heterocycles. The molecule has 0 heterocycles. The van der Waals surface area contributed by atoms with Gasteiger partial charge >= 0.3 is 4.57 Å². The largest absolute Gasteiger partial charge is 0.368 e. The molecule has 0 atom stereocenters. The van der Waals surface area contributed by atoms with E-state index in [-0.39, 0.29) is 0 Å². The fraction of sp³-hybridized carbons (Fsp3) is 1.00. The van der Waals surface area contributed by atoms with Crippen LogP contribution in [0.5, 0.6) is 0 Å². The molecule has 0 bridgehead atoms. The quantitative estimate of drug-likeness (QED) is 0.544. The van der Waals surface area contributed by atoms with Gasteiger partial charge in [0.2, 0.25) is 0 Å². The number of hydrogen-bond donors (Lipinski definition) is 0. The van der Waals surface area contributed by atoms with E-state index in [0.29, 0.717) is 11.5 Å². The molecule has 0 aromatic carbocycles. The first-order valence-corrected chi connectivity index (χ1v) is 9.01. The van der Waals surface area contributed by atoms with Gasteiger partial charge in [-0.3, -0.25) is 4.57 Å². The van der Waals surface area contributed by atoms with Gasteiger partial charge in [-0.05, 0) is 11.5 Å². The average Bonchev–Trinajstić information content (AvgIpc) is 1.86. The van der Waals surface area contributed by atoms with Crippen LogP contribution in [0.3, 0.4) is 0 Å². The predicted octanol–water partition coefficient (Wildman–Crippen LogP) is 4.63. The molecule has 12 heavy (non-hydrogen) atoms. The van der Waals surface area contributed by atoms with E-state index in [2.05, 4.69) is 15.9 Å². The summed E-state index contributed by atoms with van der Waals surface area (Å²) in [6.45, 7) is 3.43. The molecule has 0 aliphatic heterocycles. The first-order valence-electron chi connectivity index (χ1n) is 3.33. The summed E-state index contributed by atoms with van der Waals surface area (Å²) in [6, 6.07) is 0. The molecule has 0 N–H and O–H groups in total. The fourth-order valence-corrected chi connectivity index (χ4v) is 9.12. The van der Waals surface area contributed by atoms with Gasteiger partial charge in [0, 0.05) is 15.9 Å². The molecule has 0 spiro atoms. The molecule has 0 aromatic rings. The monoisotopic (exact) mass is 298 g/mol. The van der Waals surface area contributed by atoms with Crippen LogP contribution in [-0.4, -0.2) is 16.1 Å². The highest BCUT2D eigenvalue weighted by Crippen LogP contribution is 2.79. The minimum absolute atomic E-state index is 0.436. The zero-order chi connectivity index (χ0) is 9.83. The van der Waals surface area contributed by atoms with Gasteiger partial charge in [0.1, 0.15) is 0 Å². The Morgan fingerprint density at radius 3 is 1.83 bits per heavy atom. The second-order valence-corrected chi connectivity index (χ2v) is 12.0. The molecular weight excluding hydrogens is 289 g/mol. The van der Waals surface area contributed by atoms with Crippen LogP contribution in [-0.2, 0) is 4.57 Å². The van der Waals surface area contributed by atoms with E-state index in [1.165, 1.54) is 0 Å². The van der Waals surface area contributed by atoms with Gasteiger partial charge in [0.05, 0.1) is 0 Å². The van der Waals surface area contributed by atoms with E-state index in [0.717, 1.165) is 22.8 Å². The second-order valence-electron chi connectivity index (χ2n) is 1.80. The summed E-state index contributed by atoms with van der Waals surface area (Å²) in [4.78, 5) is 0. The van der Waals surface area contributed by atoms with Crippen LogP contribution >= 0.6 is 44.2 Å². The lowest BCUT2D eigenvalue weighted by Gasteiger charge is -2.19. The van der Waals surface area contributed by atoms with Crippen molar-refractivity contribution in [1.82, 2.24) is 0 Å². The van der Waals surface area contributed by atoms with Gasteiger partial charge < -0.3 is 0 Å². The maximum absolute atomic E-state index is 12.8. The van der Waals surface area contributed by atoms with Crippen LogP contribution < -0.4 is 0 Å². The molecule has 0 aliphatic rings. The van der Waals surface area contributed by atoms with Crippen molar-refractivity contribution in [2.75, 3.05) is 11.5 Å². The molecule has 0 radical (unpaired) electrons. The van der Waals surface area contributed by atoms with Crippen LogP contribution in [0.25, 0.3) is 0 Å². The van der Waals surface area contributed by atoms with E-state index in [4.69, 9.17) is 0 Å². The standard InChI is InChI=1S/C5H10BrF2OPS2/c1-3-11-10(9,12-4-2)5(6,7)8/h3-4H2,1-2H3.